The molecule has 1 N–H and O–H groups in total. The topological polar surface area (TPSA) is 58.6 Å². The zero-order valence-corrected chi connectivity index (χ0v) is 14.1. The van der Waals surface area contributed by atoms with Gasteiger partial charge in [0.1, 0.15) is 12.3 Å². The summed E-state index contributed by atoms with van der Waals surface area (Å²) in [5.41, 5.74) is 0.684. The molecule has 1 aromatic rings. The van der Waals surface area contributed by atoms with Crippen molar-refractivity contribution in [3.63, 3.8) is 0 Å². The third-order valence-corrected chi connectivity index (χ3v) is 2.91. The van der Waals surface area contributed by atoms with Gasteiger partial charge in [-0.3, -0.25) is 9.59 Å². The molecule has 122 valence electrons. The molecule has 1 aromatic carbocycles. The maximum Gasteiger partial charge on any atom is 0.240 e. The number of rotatable bonds is 7. The Labute approximate surface area is 132 Å². The third-order valence-electron chi connectivity index (χ3n) is 2.91. The SMILES string of the molecule is CC(=O)N(CC(=O)NCC(C)C)c1ccc(OC(C)C)cc1. The first-order valence-electron chi connectivity index (χ1n) is 7.61. The van der Waals surface area contributed by atoms with Crippen molar-refractivity contribution in [3.8, 4) is 5.75 Å². The quantitative estimate of drug-likeness (QED) is 0.842. The van der Waals surface area contributed by atoms with Gasteiger partial charge >= 0.3 is 0 Å². The van der Waals surface area contributed by atoms with Crippen LogP contribution in [0.3, 0.4) is 0 Å². The molecule has 0 unspecified atom stereocenters. The molecule has 2 amide bonds. The molecule has 0 fully saturated rings. The number of anilines is 1. The Morgan fingerprint density at radius 2 is 1.73 bits per heavy atom. The second-order valence-corrected chi connectivity index (χ2v) is 5.96. The zero-order valence-electron chi connectivity index (χ0n) is 14.1. The van der Waals surface area contributed by atoms with Crippen LogP contribution in [0.5, 0.6) is 5.75 Å². The number of carbonyl (C=O) groups excluding carboxylic acids is 2. The Balaban J connectivity index is 2.74. The summed E-state index contributed by atoms with van der Waals surface area (Å²) < 4.78 is 5.57. The normalized spacial score (nSPS) is 10.7. The molecule has 0 aromatic heterocycles. The second kappa shape index (κ2) is 8.41. The Morgan fingerprint density at radius 3 is 2.18 bits per heavy atom. The molecule has 0 heterocycles. The maximum absolute atomic E-state index is 11.9. The van der Waals surface area contributed by atoms with Crippen LogP contribution in [0.4, 0.5) is 5.69 Å². The van der Waals surface area contributed by atoms with Crippen LogP contribution in [0.15, 0.2) is 24.3 Å². The van der Waals surface area contributed by atoms with Crippen LogP contribution in [0.2, 0.25) is 0 Å². The Hall–Kier alpha value is -2.04. The van der Waals surface area contributed by atoms with Crippen LogP contribution in [-0.2, 0) is 9.59 Å². The summed E-state index contributed by atoms with van der Waals surface area (Å²) in [6.45, 7) is 10.0. The average Bonchev–Trinajstić information content (AvgIpc) is 2.42. The number of nitrogens with one attached hydrogen (secondary N) is 1. The van der Waals surface area contributed by atoms with Gasteiger partial charge in [0, 0.05) is 19.2 Å². The highest BCUT2D eigenvalue weighted by atomic mass is 16.5. The van der Waals surface area contributed by atoms with Crippen LogP contribution in [0.25, 0.3) is 0 Å². The highest BCUT2D eigenvalue weighted by molar-refractivity contribution is 5.97. The smallest absolute Gasteiger partial charge is 0.240 e. The van der Waals surface area contributed by atoms with E-state index in [4.69, 9.17) is 4.74 Å². The Bertz CT molecular complexity index is 495. The standard InChI is InChI=1S/C17H26N2O3/c1-12(2)10-18-17(21)11-19(14(5)20)15-6-8-16(9-7-15)22-13(3)4/h6-9,12-13H,10-11H2,1-5H3,(H,18,21). The van der Waals surface area contributed by atoms with E-state index in [-0.39, 0.29) is 24.5 Å². The van der Waals surface area contributed by atoms with Crippen molar-refractivity contribution in [2.45, 2.75) is 40.7 Å². The van der Waals surface area contributed by atoms with E-state index >= 15 is 0 Å². The molecule has 1 rings (SSSR count). The van der Waals surface area contributed by atoms with Gasteiger partial charge in [0.05, 0.1) is 6.10 Å². The van der Waals surface area contributed by atoms with Crippen molar-refractivity contribution >= 4 is 17.5 Å². The van der Waals surface area contributed by atoms with Gasteiger partial charge in [-0.1, -0.05) is 13.8 Å². The minimum atomic E-state index is -0.169. The van der Waals surface area contributed by atoms with Crippen molar-refractivity contribution in [1.29, 1.82) is 0 Å². The lowest BCUT2D eigenvalue weighted by Crippen LogP contribution is -2.40. The molecule has 0 aliphatic heterocycles. The van der Waals surface area contributed by atoms with Gasteiger partial charge < -0.3 is 15.0 Å². The van der Waals surface area contributed by atoms with Crippen molar-refractivity contribution in [1.82, 2.24) is 5.32 Å². The minimum absolute atomic E-state index is 0.0203. The zero-order chi connectivity index (χ0) is 16.7. The predicted molar refractivity (Wildman–Crippen MR) is 88.1 cm³/mol. The molecule has 0 saturated carbocycles. The number of ether oxygens (including phenoxy) is 1. The highest BCUT2D eigenvalue weighted by Crippen LogP contribution is 2.20. The number of nitrogens with zero attached hydrogens (tertiary/aromatic N) is 1. The van der Waals surface area contributed by atoms with Crippen LogP contribution in [0.1, 0.15) is 34.6 Å². The van der Waals surface area contributed by atoms with Crippen molar-refractivity contribution in [3.05, 3.63) is 24.3 Å². The van der Waals surface area contributed by atoms with Gasteiger partial charge in [0.15, 0.2) is 0 Å². The second-order valence-electron chi connectivity index (χ2n) is 5.96. The van der Waals surface area contributed by atoms with Crippen molar-refractivity contribution in [2.75, 3.05) is 18.0 Å². The van der Waals surface area contributed by atoms with Crippen molar-refractivity contribution < 1.29 is 14.3 Å². The van der Waals surface area contributed by atoms with E-state index in [1.54, 1.807) is 24.3 Å². The number of amides is 2. The molecule has 5 heteroatoms. The molecule has 0 atom stereocenters. The summed E-state index contributed by atoms with van der Waals surface area (Å²) in [6.07, 6.45) is 0.0940. The third kappa shape index (κ3) is 6.16. The van der Waals surface area contributed by atoms with Crippen LogP contribution < -0.4 is 15.0 Å². The molecule has 0 aliphatic rings. The number of benzene rings is 1. The summed E-state index contributed by atoms with van der Waals surface area (Å²) in [5.74, 6) is 0.789. The summed E-state index contributed by atoms with van der Waals surface area (Å²) in [6, 6.07) is 7.18. The van der Waals surface area contributed by atoms with Crippen LogP contribution >= 0.6 is 0 Å². The van der Waals surface area contributed by atoms with Crippen LogP contribution in [0, 0.1) is 5.92 Å². The van der Waals surface area contributed by atoms with E-state index in [9.17, 15) is 9.59 Å². The molecule has 0 bridgehead atoms. The number of hydrogen-bond acceptors (Lipinski definition) is 3. The summed E-state index contributed by atoms with van der Waals surface area (Å²) >= 11 is 0. The fourth-order valence-corrected chi connectivity index (χ4v) is 1.88. The molecular weight excluding hydrogens is 280 g/mol. The summed E-state index contributed by atoms with van der Waals surface area (Å²) in [4.78, 5) is 25.2. The fourth-order valence-electron chi connectivity index (χ4n) is 1.88. The number of hydrogen-bond donors (Lipinski definition) is 1. The molecule has 0 radical (unpaired) electrons. The number of carbonyl (C=O) groups is 2. The monoisotopic (exact) mass is 306 g/mol. The lowest BCUT2D eigenvalue weighted by Gasteiger charge is -2.21. The van der Waals surface area contributed by atoms with E-state index in [0.29, 0.717) is 18.2 Å². The van der Waals surface area contributed by atoms with E-state index < -0.39 is 0 Å². The fraction of sp³-hybridized carbons (Fsp3) is 0.529. The summed E-state index contributed by atoms with van der Waals surface area (Å²) in [7, 11) is 0. The molecule has 0 saturated heterocycles. The Morgan fingerprint density at radius 1 is 1.14 bits per heavy atom. The van der Waals surface area contributed by atoms with Gasteiger partial charge in [-0.2, -0.15) is 0 Å². The van der Waals surface area contributed by atoms with Gasteiger partial charge in [-0.25, -0.2) is 0 Å². The van der Waals surface area contributed by atoms with Crippen molar-refractivity contribution in [2.24, 2.45) is 5.92 Å². The van der Waals surface area contributed by atoms with Gasteiger partial charge in [0.2, 0.25) is 11.8 Å². The van der Waals surface area contributed by atoms with E-state index in [0.717, 1.165) is 5.75 Å². The van der Waals surface area contributed by atoms with Gasteiger partial charge in [0.25, 0.3) is 0 Å². The van der Waals surface area contributed by atoms with E-state index in [1.807, 2.05) is 27.7 Å². The molecule has 22 heavy (non-hydrogen) atoms. The maximum atomic E-state index is 11.9. The molecule has 0 spiro atoms. The van der Waals surface area contributed by atoms with E-state index in [1.165, 1.54) is 11.8 Å². The minimum Gasteiger partial charge on any atom is -0.491 e. The first-order valence-corrected chi connectivity index (χ1v) is 7.61. The molecular formula is C17H26N2O3. The lowest BCUT2D eigenvalue weighted by atomic mass is 10.2. The average molecular weight is 306 g/mol. The van der Waals surface area contributed by atoms with Gasteiger partial charge in [-0.05, 0) is 44.0 Å². The first-order chi connectivity index (χ1) is 10.3. The molecule has 0 aliphatic carbocycles. The lowest BCUT2D eigenvalue weighted by molar-refractivity contribution is -0.123. The first kappa shape index (κ1) is 18.0. The molecule has 5 nitrogen and oxygen atoms in total. The summed E-state index contributed by atoms with van der Waals surface area (Å²) in [5, 5.41) is 2.82. The predicted octanol–water partition coefficient (Wildman–Crippen LogP) is 2.60. The van der Waals surface area contributed by atoms with Gasteiger partial charge in [-0.15, -0.1) is 0 Å². The Kier molecular flexibility index (Phi) is 6.89. The van der Waals surface area contributed by atoms with E-state index in [2.05, 4.69) is 5.32 Å². The van der Waals surface area contributed by atoms with Crippen LogP contribution in [-0.4, -0.2) is 31.0 Å². The largest absolute Gasteiger partial charge is 0.491 e. The highest BCUT2D eigenvalue weighted by Gasteiger charge is 2.16.